The molecule has 3 aromatic carbocycles. The third-order valence-electron chi connectivity index (χ3n) is 5.07. The number of hydrogen-bond donors (Lipinski definition) is 1. The first kappa shape index (κ1) is 26.5. The Labute approximate surface area is 218 Å². The third-order valence-corrected chi connectivity index (χ3v) is 5.38. The van der Waals surface area contributed by atoms with Crippen LogP contribution in [0.5, 0.6) is 17.2 Å². The van der Waals surface area contributed by atoms with Gasteiger partial charge >= 0.3 is 6.18 Å². The number of hydrogen-bond acceptors (Lipinski definition) is 6. The summed E-state index contributed by atoms with van der Waals surface area (Å²) in [6.45, 7) is 1.84. The van der Waals surface area contributed by atoms with Crippen molar-refractivity contribution in [1.29, 1.82) is 0 Å². The Morgan fingerprint density at radius 1 is 1.11 bits per heavy atom. The summed E-state index contributed by atoms with van der Waals surface area (Å²) in [6.07, 6.45) is -3.10. The molecule has 0 saturated carbocycles. The van der Waals surface area contributed by atoms with E-state index in [1.807, 2.05) is 13.0 Å². The number of aromatic nitrogens is 2. The summed E-state index contributed by atoms with van der Waals surface area (Å²) in [4.78, 5) is 23.4. The van der Waals surface area contributed by atoms with Crippen LogP contribution in [0.15, 0.2) is 72.9 Å². The van der Waals surface area contributed by atoms with Crippen molar-refractivity contribution in [2.45, 2.75) is 19.8 Å². The van der Waals surface area contributed by atoms with Crippen molar-refractivity contribution in [2.75, 3.05) is 5.32 Å². The van der Waals surface area contributed by atoms with Crippen molar-refractivity contribution in [3.63, 3.8) is 0 Å². The standard InChI is InChI=1S/C25H18ClF3N4O5/c1-15-5-6-21(26)23(9-15)37-14-32-8-7-22(31-32)24(34)30-17-11-18(33(35)36)13-20(12-17)38-19-4-2-3-16(10-19)25(27,28)29/h2-13H,14H2,1H3,(H,30,34). The zero-order valence-corrected chi connectivity index (χ0v) is 20.3. The highest BCUT2D eigenvalue weighted by Crippen LogP contribution is 2.34. The first-order valence-corrected chi connectivity index (χ1v) is 11.2. The molecule has 0 spiro atoms. The number of alkyl halides is 3. The molecule has 0 radical (unpaired) electrons. The van der Waals surface area contributed by atoms with Crippen LogP contribution in [-0.4, -0.2) is 20.6 Å². The SMILES string of the molecule is Cc1ccc(Cl)c(OCn2ccc(C(=O)Nc3cc(Oc4cccc(C(F)(F)F)c4)cc([N+](=O)[O-])c3)n2)c1. The Morgan fingerprint density at radius 3 is 2.63 bits per heavy atom. The smallest absolute Gasteiger partial charge is 0.416 e. The molecule has 0 unspecified atom stereocenters. The van der Waals surface area contributed by atoms with Crippen LogP contribution in [0.3, 0.4) is 0 Å². The number of rotatable bonds is 8. The number of aryl methyl sites for hydroxylation is 1. The number of benzene rings is 3. The van der Waals surface area contributed by atoms with Crippen molar-refractivity contribution in [1.82, 2.24) is 9.78 Å². The van der Waals surface area contributed by atoms with Gasteiger partial charge < -0.3 is 14.8 Å². The molecule has 1 aromatic heterocycles. The number of amides is 1. The van der Waals surface area contributed by atoms with Crippen LogP contribution < -0.4 is 14.8 Å². The number of nitro benzene ring substituents is 1. The maximum absolute atomic E-state index is 13.0. The van der Waals surface area contributed by atoms with Crippen LogP contribution in [0.4, 0.5) is 24.5 Å². The molecule has 1 heterocycles. The number of anilines is 1. The molecule has 38 heavy (non-hydrogen) atoms. The van der Waals surface area contributed by atoms with E-state index in [1.54, 1.807) is 12.1 Å². The van der Waals surface area contributed by atoms with Gasteiger partial charge in [0, 0.05) is 18.3 Å². The summed E-state index contributed by atoms with van der Waals surface area (Å²) >= 11 is 6.11. The number of nitrogens with one attached hydrogen (secondary N) is 1. The average Bonchev–Trinajstić information content (AvgIpc) is 3.33. The first-order chi connectivity index (χ1) is 18.0. The van der Waals surface area contributed by atoms with E-state index in [-0.39, 0.29) is 29.6 Å². The van der Waals surface area contributed by atoms with Crippen LogP contribution >= 0.6 is 11.6 Å². The summed E-state index contributed by atoms with van der Waals surface area (Å²) in [6, 6.07) is 14.1. The molecule has 1 N–H and O–H groups in total. The van der Waals surface area contributed by atoms with E-state index < -0.39 is 28.3 Å². The number of halogens is 4. The van der Waals surface area contributed by atoms with E-state index in [0.29, 0.717) is 10.8 Å². The monoisotopic (exact) mass is 546 g/mol. The van der Waals surface area contributed by atoms with Gasteiger partial charge in [-0.25, -0.2) is 4.68 Å². The van der Waals surface area contributed by atoms with Crippen LogP contribution in [0.2, 0.25) is 5.02 Å². The van der Waals surface area contributed by atoms with Gasteiger partial charge in [-0.05, 0) is 48.9 Å². The molecule has 1 amide bonds. The maximum atomic E-state index is 13.0. The van der Waals surface area contributed by atoms with E-state index in [1.165, 1.54) is 29.1 Å². The molecule has 0 aliphatic rings. The van der Waals surface area contributed by atoms with Crippen molar-refractivity contribution in [3.05, 3.63) is 105 Å². The lowest BCUT2D eigenvalue weighted by Gasteiger charge is -2.11. The van der Waals surface area contributed by atoms with Gasteiger partial charge in [0.1, 0.15) is 17.2 Å². The fourth-order valence-corrected chi connectivity index (χ4v) is 3.47. The minimum absolute atomic E-state index is 0.0178. The maximum Gasteiger partial charge on any atom is 0.416 e. The number of non-ortho nitro benzene ring substituents is 1. The normalized spacial score (nSPS) is 11.2. The lowest BCUT2D eigenvalue weighted by Crippen LogP contribution is -2.14. The Hall–Kier alpha value is -4.58. The van der Waals surface area contributed by atoms with Gasteiger partial charge in [-0.1, -0.05) is 23.7 Å². The van der Waals surface area contributed by atoms with Gasteiger partial charge in [-0.15, -0.1) is 0 Å². The summed E-state index contributed by atoms with van der Waals surface area (Å²) in [7, 11) is 0. The minimum atomic E-state index is -4.60. The van der Waals surface area contributed by atoms with E-state index in [0.717, 1.165) is 35.9 Å². The quantitative estimate of drug-likeness (QED) is 0.191. The first-order valence-electron chi connectivity index (χ1n) is 10.9. The zero-order chi connectivity index (χ0) is 27.4. The van der Waals surface area contributed by atoms with E-state index in [4.69, 9.17) is 21.1 Å². The zero-order valence-electron chi connectivity index (χ0n) is 19.5. The number of nitrogens with zero attached hydrogens (tertiary/aromatic N) is 3. The summed E-state index contributed by atoms with van der Waals surface area (Å²) in [5.74, 6) is -0.589. The van der Waals surface area contributed by atoms with Crippen molar-refractivity contribution >= 4 is 28.9 Å². The Morgan fingerprint density at radius 2 is 1.89 bits per heavy atom. The molecule has 0 bridgehead atoms. The van der Waals surface area contributed by atoms with Gasteiger partial charge in [-0.2, -0.15) is 18.3 Å². The lowest BCUT2D eigenvalue weighted by molar-refractivity contribution is -0.384. The number of ether oxygens (including phenoxy) is 2. The molecule has 0 atom stereocenters. The molecule has 0 aliphatic heterocycles. The van der Waals surface area contributed by atoms with Gasteiger partial charge in [0.25, 0.3) is 11.6 Å². The second-order valence-electron chi connectivity index (χ2n) is 8.00. The van der Waals surface area contributed by atoms with Crippen LogP contribution in [0.25, 0.3) is 0 Å². The highest BCUT2D eigenvalue weighted by molar-refractivity contribution is 6.32. The lowest BCUT2D eigenvalue weighted by atomic mass is 10.2. The third kappa shape index (κ3) is 6.59. The summed E-state index contributed by atoms with van der Waals surface area (Å²) < 4.78 is 51.4. The molecule has 0 saturated heterocycles. The largest absolute Gasteiger partial charge is 0.470 e. The second-order valence-corrected chi connectivity index (χ2v) is 8.41. The van der Waals surface area contributed by atoms with Crippen molar-refractivity contribution < 1.29 is 32.4 Å². The van der Waals surface area contributed by atoms with Gasteiger partial charge in [-0.3, -0.25) is 14.9 Å². The van der Waals surface area contributed by atoms with Gasteiger partial charge in [0.15, 0.2) is 12.4 Å². The molecule has 9 nitrogen and oxygen atoms in total. The van der Waals surface area contributed by atoms with E-state index in [9.17, 15) is 28.1 Å². The highest BCUT2D eigenvalue weighted by atomic mass is 35.5. The number of nitro groups is 1. The average molecular weight is 547 g/mol. The predicted octanol–water partition coefficient (Wildman–Crippen LogP) is 6.85. The second kappa shape index (κ2) is 10.8. The molecule has 4 rings (SSSR count). The van der Waals surface area contributed by atoms with Crippen LogP contribution in [0.1, 0.15) is 21.6 Å². The van der Waals surface area contributed by atoms with Crippen LogP contribution in [0, 0.1) is 17.0 Å². The van der Waals surface area contributed by atoms with E-state index >= 15 is 0 Å². The molecule has 196 valence electrons. The van der Waals surface area contributed by atoms with Crippen molar-refractivity contribution in [2.24, 2.45) is 0 Å². The fourth-order valence-electron chi connectivity index (χ4n) is 3.30. The summed E-state index contributed by atoms with van der Waals surface area (Å²) in [5, 5.41) is 18.4. The molecule has 0 aliphatic carbocycles. The fraction of sp³-hybridized carbons (Fsp3) is 0.120. The Bertz CT molecular complexity index is 1510. The topological polar surface area (TPSA) is 109 Å². The molecular formula is C25H18ClF3N4O5. The Kier molecular flexibility index (Phi) is 7.53. The van der Waals surface area contributed by atoms with Crippen LogP contribution in [-0.2, 0) is 12.9 Å². The van der Waals surface area contributed by atoms with Gasteiger partial charge in [0.2, 0.25) is 0 Å². The Balaban J connectivity index is 1.48. The summed E-state index contributed by atoms with van der Waals surface area (Å²) in [5.41, 5.74) is -0.491. The minimum Gasteiger partial charge on any atom is -0.470 e. The molecule has 0 fully saturated rings. The highest BCUT2D eigenvalue weighted by Gasteiger charge is 2.30. The van der Waals surface area contributed by atoms with Gasteiger partial charge in [0.05, 0.1) is 27.3 Å². The number of carbonyl (C=O) groups is 1. The van der Waals surface area contributed by atoms with Crippen molar-refractivity contribution in [3.8, 4) is 17.2 Å². The molecular weight excluding hydrogens is 529 g/mol. The molecule has 13 heteroatoms. The van der Waals surface area contributed by atoms with E-state index in [2.05, 4.69) is 10.4 Å². The number of carbonyl (C=O) groups excluding carboxylic acids is 1. The molecule has 4 aromatic rings. The predicted molar refractivity (Wildman–Crippen MR) is 132 cm³/mol.